The van der Waals surface area contributed by atoms with Crippen LogP contribution in [-0.2, 0) is 11.3 Å². The van der Waals surface area contributed by atoms with Gasteiger partial charge in [-0.05, 0) is 49.4 Å². The summed E-state index contributed by atoms with van der Waals surface area (Å²) in [7, 11) is 1.64. The quantitative estimate of drug-likeness (QED) is 0.728. The highest BCUT2D eigenvalue weighted by Crippen LogP contribution is 2.37. The number of carbonyl (C=O) groups excluding carboxylic acids is 1. The molecule has 4 rings (SSSR count). The molecular weight excluding hydrogens is 357 g/mol. The third-order valence-corrected chi connectivity index (χ3v) is 5.79. The van der Waals surface area contributed by atoms with Crippen LogP contribution in [0.2, 0.25) is 0 Å². The molecule has 28 heavy (non-hydrogen) atoms. The lowest BCUT2D eigenvalue weighted by Crippen LogP contribution is -2.24. The van der Waals surface area contributed by atoms with Crippen LogP contribution in [0.25, 0.3) is 0 Å². The molecule has 2 aromatic rings. The van der Waals surface area contributed by atoms with Crippen LogP contribution in [0.1, 0.15) is 49.1 Å². The van der Waals surface area contributed by atoms with Gasteiger partial charge in [0.2, 0.25) is 5.91 Å². The van der Waals surface area contributed by atoms with Crippen molar-refractivity contribution in [2.75, 3.05) is 13.7 Å². The average Bonchev–Trinajstić information content (AvgIpc) is 3.34. The molecule has 0 N–H and O–H groups in total. The third-order valence-electron chi connectivity index (χ3n) is 5.79. The Morgan fingerprint density at radius 2 is 1.89 bits per heavy atom. The Balaban J connectivity index is 1.49. The van der Waals surface area contributed by atoms with Crippen molar-refractivity contribution in [3.63, 3.8) is 0 Å². The van der Waals surface area contributed by atoms with Gasteiger partial charge in [0.1, 0.15) is 5.82 Å². The molecule has 4 nitrogen and oxygen atoms in total. The minimum absolute atomic E-state index is 0.0577. The first kappa shape index (κ1) is 18.8. The van der Waals surface area contributed by atoms with Crippen LogP contribution >= 0.6 is 0 Å². The van der Waals surface area contributed by atoms with Crippen molar-refractivity contribution in [3.8, 4) is 11.5 Å². The van der Waals surface area contributed by atoms with Gasteiger partial charge < -0.3 is 14.4 Å². The molecule has 1 aliphatic carbocycles. The number of methoxy groups -OCH3 is 1. The Bertz CT molecular complexity index is 847. The molecule has 0 bridgehead atoms. The van der Waals surface area contributed by atoms with Gasteiger partial charge in [0.15, 0.2) is 11.5 Å². The number of hydrogen-bond acceptors (Lipinski definition) is 3. The second-order valence-electron chi connectivity index (χ2n) is 7.70. The fourth-order valence-corrected chi connectivity index (χ4v) is 4.21. The van der Waals surface area contributed by atoms with E-state index in [4.69, 9.17) is 9.47 Å². The molecule has 1 unspecified atom stereocenters. The predicted molar refractivity (Wildman–Crippen MR) is 105 cm³/mol. The van der Waals surface area contributed by atoms with E-state index in [1.807, 2.05) is 18.2 Å². The Morgan fingerprint density at radius 3 is 2.64 bits per heavy atom. The van der Waals surface area contributed by atoms with Crippen molar-refractivity contribution in [1.29, 1.82) is 0 Å². The molecule has 0 aromatic heterocycles. The fraction of sp³-hybridized carbons (Fsp3) is 0.435. The topological polar surface area (TPSA) is 38.8 Å². The highest BCUT2D eigenvalue weighted by Gasteiger charge is 2.31. The molecule has 1 aliphatic heterocycles. The molecular formula is C23H26FNO3. The van der Waals surface area contributed by atoms with Gasteiger partial charge in [-0.3, -0.25) is 4.79 Å². The van der Waals surface area contributed by atoms with Gasteiger partial charge in [0, 0.05) is 31.0 Å². The second kappa shape index (κ2) is 8.21. The summed E-state index contributed by atoms with van der Waals surface area (Å²) in [6, 6.07) is 12.6. The lowest BCUT2D eigenvalue weighted by Gasteiger charge is -2.19. The Kier molecular flexibility index (Phi) is 5.51. The van der Waals surface area contributed by atoms with E-state index in [1.54, 1.807) is 30.2 Å². The molecule has 5 heteroatoms. The van der Waals surface area contributed by atoms with Gasteiger partial charge in [-0.25, -0.2) is 4.39 Å². The van der Waals surface area contributed by atoms with Crippen molar-refractivity contribution in [2.45, 2.75) is 50.7 Å². The smallest absolute Gasteiger partial charge is 0.223 e. The van der Waals surface area contributed by atoms with Gasteiger partial charge in [-0.15, -0.1) is 0 Å². The van der Waals surface area contributed by atoms with E-state index in [0.717, 1.165) is 29.9 Å². The number of benzene rings is 2. The van der Waals surface area contributed by atoms with Crippen molar-refractivity contribution < 1.29 is 18.7 Å². The molecule has 1 saturated carbocycles. The van der Waals surface area contributed by atoms with E-state index in [0.29, 0.717) is 25.1 Å². The Morgan fingerprint density at radius 1 is 1.11 bits per heavy atom. The molecule has 1 heterocycles. The van der Waals surface area contributed by atoms with Gasteiger partial charge in [-0.2, -0.15) is 0 Å². The maximum atomic E-state index is 14.0. The molecule has 148 valence electrons. The number of halogens is 1. The second-order valence-corrected chi connectivity index (χ2v) is 7.70. The molecule has 1 amide bonds. The monoisotopic (exact) mass is 383 g/mol. The molecule has 2 aliphatic rings. The molecule has 1 saturated heterocycles. The normalized spacial score (nSPS) is 20.0. The number of amides is 1. The van der Waals surface area contributed by atoms with Crippen molar-refractivity contribution >= 4 is 5.91 Å². The number of nitrogens with zero attached hydrogens (tertiary/aromatic N) is 1. The summed E-state index contributed by atoms with van der Waals surface area (Å²) in [5.74, 6) is 1.35. The number of rotatable bonds is 6. The summed E-state index contributed by atoms with van der Waals surface area (Å²) in [5.41, 5.74) is 1.62. The minimum Gasteiger partial charge on any atom is -0.493 e. The zero-order valence-electron chi connectivity index (χ0n) is 16.2. The first-order valence-corrected chi connectivity index (χ1v) is 10.00. The zero-order chi connectivity index (χ0) is 19.5. The summed E-state index contributed by atoms with van der Waals surface area (Å²) in [4.78, 5) is 14.2. The van der Waals surface area contributed by atoms with E-state index in [1.165, 1.54) is 18.9 Å². The van der Waals surface area contributed by atoms with Crippen molar-refractivity contribution in [2.24, 2.45) is 0 Å². The van der Waals surface area contributed by atoms with Crippen LogP contribution in [0.4, 0.5) is 4.39 Å². The Hall–Kier alpha value is -2.56. The van der Waals surface area contributed by atoms with E-state index >= 15 is 0 Å². The highest BCUT2D eigenvalue weighted by molar-refractivity contribution is 5.79. The maximum absolute atomic E-state index is 14.0. The molecule has 2 fully saturated rings. The largest absolute Gasteiger partial charge is 0.493 e. The number of hydrogen-bond donors (Lipinski definition) is 0. The molecule has 0 radical (unpaired) electrons. The SMILES string of the molecule is COc1ccc(C2CC(=O)N(Cc3ccccc3F)C2)cc1OC1CCCC1. The standard InChI is InChI=1S/C23H26FNO3/c1-27-21-11-10-16(12-22(21)28-19-7-3-4-8-19)18-13-23(26)25(15-18)14-17-6-2-5-9-20(17)24/h2,5-6,9-12,18-19H,3-4,7-8,13-15H2,1H3. The van der Waals surface area contributed by atoms with Gasteiger partial charge in [0.25, 0.3) is 0 Å². The van der Waals surface area contributed by atoms with Crippen molar-refractivity contribution in [3.05, 3.63) is 59.4 Å². The average molecular weight is 383 g/mol. The number of likely N-dealkylation sites (tertiary alicyclic amines) is 1. The predicted octanol–water partition coefficient (Wildman–Crippen LogP) is 4.67. The molecule has 1 atom stereocenters. The highest BCUT2D eigenvalue weighted by atomic mass is 19.1. The minimum atomic E-state index is -0.268. The lowest BCUT2D eigenvalue weighted by molar-refractivity contribution is -0.128. The van der Waals surface area contributed by atoms with E-state index in [9.17, 15) is 9.18 Å². The first-order chi connectivity index (χ1) is 13.6. The van der Waals surface area contributed by atoms with Gasteiger partial charge in [-0.1, -0.05) is 24.3 Å². The van der Waals surface area contributed by atoms with Gasteiger partial charge >= 0.3 is 0 Å². The van der Waals surface area contributed by atoms with Crippen LogP contribution in [0, 0.1) is 5.82 Å². The van der Waals surface area contributed by atoms with Crippen LogP contribution in [0.3, 0.4) is 0 Å². The summed E-state index contributed by atoms with van der Waals surface area (Å²) in [6.07, 6.45) is 5.23. The van der Waals surface area contributed by atoms with Crippen LogP contribution in [-0.4, -0.2) is 30.6 Å². The van der Waals surface area contributed by atoms with E-state index in [-0.39, 0.29) is 23.7 Å². The van der Waals surface area contributed by atoms with E-state index in [2.05, 4.69) is 0 Å². The van der Waals surface area contributed by atoms with Crippen LogP contribution in [0.15, 0.2) is 42.5 Å². The zero-order valence-corrected chi connectivity index (χ0v) is 16.2. The van der Waals surface area contributed by atoms with E-state index < -0.39 is 0 Å². The summed E-state index contributed by atoms with van der Waals surface area (Å²) in [6.45, 7) is 0.895. The fourth-order valence-electron chi connectivity index (χ4n) is 4.21. The van der Waals surface area contributed by atoms with Crippen LogP contribution < -0.4 is 9.47 Å². The summed E-state index contributed by atoms with van der Waals surface area (Å²) >= 11 is 0. The lowest BCUT2D eigenvalue weighted by atomic mass is 9.98. The molecule has 2 aromatic carbocycles. The van der Waals surface area contributed by atoms with Gasteiger partial charge in [0.05, 0.1) is 13.2 Å². The molecule has 0 spiro atoms. The maximum Gasteiger partial charge on any atom is 0.223 e. The number of ether oxygens (including phenoxy) is 2. The summed E-state index contributed by atoms with van der Waals surface area (Å²) in [5, 5.41) is 0. The van der Waals surface area contributed by atoms with Crippen LogP contribution in [0.5, 0.6) is 11.5 Å². The first-order valence-electron chi connectivity index (χ1n) is 10.00. The Labute approximate surface area is 165 Å². The number of carbonyl (C=O) groups is 1. The third kappa shape index (κ3) is 3.98. The summed E-state index contributed by atoms with van der Waals surface area (Å²) < 4.78 is 25.6. The van der Waals surface area contributed by atoms with Crippen molar-refractivity contribution in [1.82, 2.24) is 4.90 Å².